The molecule has 0 spiro atoms. The average molecular weight is 319 g/mol. The minimum absolute atomic E-state index is 1.11. The largest absolute Gasteiger partial charge is 0.354 e. The second-order valence-corrected chi connectivity index (χ2v) is 6.37. The Morgan fingerprint density at radius 2 is 1.36 bits per heavy atom. The molecule has 0 fully saturated rings. The summed E-state index contributed by atoms with van der Waals surface area (Å²) in [6.07, 6.45) is 3.88. The highest BCUT2D eigenvalue weighted by Gasteiger charge is 2.16. The zero-order chi connectivity index (χ0) is 17.0. The van der Waals surface area contributed by atoms with Crippen molar-refractivity contribution in [2.24, 2.45) is 0 Å². The molecule has 1 N–H and O–H groups in total. The Bertz CT molecular complexity index is 1320. The molecule has 0 aliphatic heterocycles. The topological polar surface area (TPSA) is 15.8 Å². The minimum Gasteiger partial charge on any atom is -0.354 e. The van der Waals surface area contributed by atoms with Crippen molar-refractivity contribution in [3.05, 3.63) is 84.9 Å². The first-order chi connectivity index (χ1) is 12.3. The van der Waals surface area contributed by atoms with Crippen molar-refractivity contribution in [1.29, 1.82) is 0 Å². The van der Waals surface area contributed by atoms with Crippen LogP contribution in [0.2, 0.25) is 0 Å². The van der Waals surface area contributed by atoms with Gasteiger partial charge in [0.05, 0.1) is 5.52 Å². The van der Waals surface area contributed by atoms with Crippen LogP contribution in [0.15, 0.2) is 73.8 Å². The molecule has 4 aromatic carbocycles. The Kier molecular flexibility index (Phi) is 2.86. The number of rotatable bonds is 2. The lowest BCUT2D eigenvalue weighted by Crippen LogP contribution is -1.89. The van der Waals surface area contributed by atoms with Crippen LogP contribution in [0.25, 0.3) is 55.5 Å². The number of nitrogens with one attached hydrogen (secondary N) is 1. The van der Waals surface area contributed by atoms with E-state index in [1.807, 2.05) is 12.2 Å². The molecule has 118 valence electrons. The minimum atomic E-state index is 1.11. The molecule has 0 atom stereocenters. The second kappa shape index (κ2) is 5.09. The van der Waals surface area contributed by atoms with Gasteiger partial charge in [-0.15, -0.1) is 0 Å². The van der Waals surface area contributed by atoms with Gasteiger partial charge in [-0.1, -0.05) is 79.9 Å². The van der Waals surface area contributed by atoms with Gasteiger partial charge in [-0.3, -0.25) is 0 Å². The zero-order valence-corrected chi connectivity index (χ0v) is 13.8. The first-order valence-corrected chi connectivity index (χ1v) is 8.46. The summed E-state index contributed by atoms with van der Waals surface area (Å²) in [5.74, 6) is 0. The van der Waals surface area contributed by atoms with Crippen LogP contribution in [0.1, 0.15) is 11.1 Å². The van der Waals surface area contributed by atoms with Gasteiger partial charge >= 0.3 is 0 Å². The fraction of sp³-hybridized carbons (Fsp3) is 0. The molecule has 25 heavy (non-hydrogen) atoms. The number of fused-ring (bicyclic) bond motifs is 7. The lowest BCUT2D eigenvalue weighted by Gasteiger charge is -2.12. The molecule has 0 amide bonds. The molecule has 1 nitrogen and oxygen atoms in total. The van der Waals surface area contributed by atoms with E-state index in [0.29, 0.717) is 0 Å². The predicted octanol–water partition coefficient (Wildman–Crippen LogP) is 6.91. The zero-order valence-electron chi connectivity index (χ0n) is 13.8. The van der Waals surface area contributed by atoms with E-state index < -0.39 is 0 Å². The first kappa shape index (κ1) is 14.1. The van der Waals surface area contributed by atoms with E-state index in [1.54, 1.807) is 0 Å². The molecule has 1 aromatic heterocycles. The SMILES string of the molecule is C=Cc1c(C=C)c2[nH]c3ccccc3c2c2c1ccc1ccccc12. The van der Waals surface area contributed by atoms with Gasteiger partial charge in [0.15, 0.2) is 0 Å². The maximum absolute atomic E-state index is 4.07. The number of aromatic nitrogens is 1. The number of hydrogen-bond donors (Lipinski definition) is 1. The van der Waals surface area contributed by atoms with Crippen LogP contribution < -0.4 is 0 Å². The Hall–Kier alpha value is -3.32. The quantitative estimate of drug-likeness (QED) is 0.340. The van der Waals surface area contributed by atoms with Crippen molar-refractivity contribution in [1.82, 2.24) is 4.98 Å². The third-order valence-corrected chi connectivity index (χ3v) is 5.14. The molecule has 5 aromatic rings. The lowest BCUT2D eigenvalue weighted by molar-refractivity contribution is 1.53. The summed E-state index contributed by atoms with van der Waals surface area (Å²) in [6, 6.07) is 21.5. The van der Waals surface area contributed by atoms with Gasteiger partial charge in [0.2, 0.25) is 0 Å². The summed E-state index contributed by atoms with van der Waals surface area (Å²) in [7, 11) is 0. The van der Waals surface area contributed by atoms with Crippen LogP contribution in [0, 0.1) is 0 Å². The number of H-pyrrole nitrogens is 1. The number of hydrogen-bond acceptors (Lipinski definition) is 0. The van der Waals surface area contributed by atoms with Gasteiger partial charge in [-0.05, 0) is 27.8 Å². The van der Waals surface area contributed by atoms with Crippen LogP contribution in [0.5, 0.6) is 0 Å². The molecule has 5 rings (SSSR count). The third kappa shape index (κ3) is 1.78. The summed E-state index contributed by atoms with van der Waals surface area (Å²) < 4.78 is 0. The van der Waals surface area contributed by atoms with E-state index in [0.717, 1.165) is 22.2 Å². The smallest absolute Gasteiger partial charge is 0.0551 e. The fourth-order valence-corrected chi connectivity index (χ4v) is 4.08. The molecule has 1 heteroatoms. The number of aromatic amines is 1. The van der Waals surface area contributed by atoms with Crippen molar-refractivity contribution in [2.75, 3.05) is 0 Å². The fourth-order valence-electron chi connectivity index (χ4n) is 4.08. The highest BCUT2D eigenvalue weighted by atomic mass is 14.7. The number of para-hydroxylation sites is 1. The Balaban J connectivity index is 2.24. The summed E-state index contributed by atoms with van der Waals surface area (Å²) in [6.45, 7) is 8.13. The van der Waals surface area contributed by atoms with Crippen molar-refractivity contribution in [3.63, 3.8) is 0 Å². The van der Waals surface area contributed by atoms with Crippen LogP contribution in [0.4, 0.5) is 0 Å². The molecule has 1 heterocycles. The van der Waals surface area contributed by atoms with Crippen molar-refractivity contribution in [3.8, 4) is 0 Å². The molecule has 0 saturated carbocycles. The van der Waals surface area contributed by atoms with Crippen LogP contribution in [0.3, 0.4) is 0 Å². The molecule has 0 aliphatic rings. The van der Waals surface area contributed by atoms with E-state index in [4.69, 9.17) is 0 Å². The number of benzene rings is 4. The Labute approximate surface area is 145 Å². The van der Waals surface area contributed by atoms with E-state index >= 15 is 0 Å². The van der Waals surface area contributed by atoms with Gasteiger partial charge in [0.1, 0.15) is 0 Å². The standard InChI is InChI=1S/C24H17N/c1-3-16-17(4-2)24-23(20-11-7-8-12-21(20)25-24)22-18-10-6-5-9-15(18)13-14-19(16)22/h3-14,25H,1-2H2. The van der Waals surface area contributed by atoms with Gasteiger partial charge < -0.3 is 4.98 Å². The van der Waals surface area contributed by atoms with E-state index in [-0.39, 0.29) is 0 Å². The van der Waals surface area contributed by atoms with Gasteiger partial charge in [-0.2, -0.15) is 0 Å². The van der Waals surface area contributed by atoms with Crippen molar-refractivity contribution < 1.29 is 0 Å². The molecule has 0 bridgehead atoms. The predicted molar refractivity (Wildman–Crippen MR) is 111 cm³/mol. The highest BCUT2D eigenvalue weighted by Crippen LogP contribution is 2.41. The van der Waals surface area contributed by atoms with Gasteiger partial charge in [-0.25, -0.2) is 0 Å². The average Bonchev–Trinajstić information content (AvgIpc) is 3.05. The monoisotopic (exact) mass is 319 g/mol. The highest BCUT2D eigenvalue weighted by molar-refractivity contribution is 6.30. The first-order valence-electron chi connectivity index (χ1n) is 8.46. The summed E-state index contributed by atoms with van der Waals surface area (Å²) in [5.41, 5.74) is 4.53. The maximum Gasteiger partial charge on any atom is 0.0551 e. The molecule has 0 aliphatic carbocycles. The molecular weight excluding hydrogens is 302 g/mol. The van der Waals surface area contributed by atoms with Crippen LogP contribution >= 0.6 is 0 Å². The van der Waals surface area contributed by atoms with E-state index in [9.17, 15) is 0 Å². The Morgan fingerprint density at radius 3 is 2.16 bits per heavy atom. The Morgan fingerprint density at radius 1 is 0.640 bits per heavy atom. The van der Waals surface area contributed by atoms with Gasteiger partial charge in [0, 0.05) is 27.2 Å². The second-order valence-electron chi connectivity index (χ2n) is 6.37. The van der Waals surface area contributed by atoms with E-state index in [1.165, 1.54) is 32.3 Å². The van der Waals surface area contributed by atoms with Crippen molar-refractivity contribution >= 4 is 55.5 Å². The normalized spacial score (nSPS) is 11.5. The molecule has 0 saturated heterocycles. The third-order valence-electron chi connectivity index (χ3n) is 5.14. The molecule has 0 unspecified atom stereocenters. The van der Waals surface area contributed by atoms with Crippen LogP contribution in [-0.2, 0) is 0 Å². The summed E-state index contributed by atoms with van der Waals surface area (Å²) in [4.78, 5) is 3.61. The van der Waals surface area contributed by atoms with E-state index in [2.05, 4.69) is 78.8 Å². The molecular formula is C24H17N. The van der Waals surface area contributed by atoms with Crippen molar-refractivity contribution in [2.45, 2.75) is 0 Å². The van der Waals surface area contributed by atoms with Gasteiger partial charge in [0.25, 0.3) is 0 Å². The lowest BCUT2D eigenvalue weighted by atomic mass is 9.91. The summed E-state index contributed by atoms with van der Waals surface area (Å²) >= 11 is 0. The molecule has 0 radical (unpaired) electrons. The summed E-state index contributed by atoms with van der Waals surface area (Å²) in [5, 5.41) is 7.55. The maximum atomic E-state index is 4.07. The van der Waals surface area contributed by atoms with Crippen LogP contribution in [-0.4, -0.2) is 4.98 Å².